The average Bonchev–Trinajstić information content (AvgIpc) is 3.08. The topological polar surface area (TPSA) is 50.2 Å². The first kappa shape index (κ1) is 19.4. The van der Waals surface area contributed by atoms with Crippen molar-refractivity contribution in [2.75, 3.05) is 13.1 Å². The van der Waals surface area contributed by atoms with Crippen molar-refractivity contribution in [1.29, 1.82) is 0 Å². The lowest BCUT2D eigenvalue weighted by Crippen LogP contribution is -2.44. The van der Waals surface area contributed by atoms with E-state index in [0.717, 1.165) is 43.9 Å². The average molecular weight is 389 g/mol. The molecule has 2 aromatic heterocycles. The van der Waals surface area contributed by atoms with Crippen molar-refractivity contribution in [1.82, 2.24) is 19.8 Å². The molecule has 0 atom stereocenters. The number of carbonyl (C=O) groups excluding carboxylic acids is 1. The number of carbonyl (C=O) groups is 1. The second-order valence-electron chi connectivity index (χ2n) is 7.84. The maximum absolute atomic E-state index is 12.7. The van der Waals surface area contributed by atoms with Crippen molar-refractivity contribution in [2.45, 2.75) is 39.3 Å². The van der Waals surface area contributed by atoms with Crippen LogP contribution in [0.2, 0.25) is 0 Å². The number of pyridine rings is 1. The summed E-state index contributed by atoms with van der Waals surface area (Å²) in [4.78, 5) is 19.5. The Labute approximate surface area is 172 Å². The van der Waals surface area contributed by atoms with Crippen molar-refractivity contribution in [3.05, 3.63) is 83.4 Å². The van der Waals surface area contributed by atoms with Gasteiger partial charge in [0.2, 0.25) is 0 Å². The molecule has 5 nitrogen and oxygen atoms in total. The van der Waals surface area contributed by atoms with Gasteiger partial charge in [0.05, 0.1) is 5.69 Å². The zero-order valence-electron chi connectivity index (χ0n) is 17.1. The molecule has 0 unspecified atom stereocenters. The molecule has 0 aliphatic carbocycles. The number of nitrogens with one attached hydrogen (secondary N) is 1. The number of piperidine rings is 1. The van der Waals surface area contributed by atoms with Crippen LogP contribution in [-0.2, 0) is 6.54 Å². The summed E-state index contributed by atoms with van der Waals surface area (Å²) < 4.78 is 2.19. The summed E-state index contributed by atoms with van der Waals surface area (Å²) in [5, 5.41) is 3.21. The van der Waals surface area contributed by atoms with E-state index in [9.17, 15) is 4.79 Å². The molecule has 1 aliphatic heterocycles. The van der Waals surface area contributed by atoms with Gasteiger partial charge in [0.15, 0.2) is 0 Å². The molecule has 4 rings (SSSR count). The van der Waals surface area contributed by atoms with Gasteiger partial charge >= 0.3 is 0 Å². The molecule has 150 valence electrons. The minimum atomic E-state index is 0.0145. The number of likely N-dealkylation sites (tertiary alicyclic amines) is 1. The Hall–Kier alpha value is -2.92. The highest BCUT2D eigenvalue weighted by atomic mass is 16.1. The lowest BCUT2D eigenvalue weighted by Gasteiger charge is -2.32. The molecule has 0 bridgehead atoms. The first-order chi connectivity index (χ1) is 14.1. The fourth-order valence-corrected chi connectivity index (χ4v) is 4.06. The number of hydrogen-bond donors (Lipinski definition) is 1. The number of hydrogen-bond acceptors (Lipinski definition) is 3. The molecule has 1 N–H and O–H groups in total. The Bertz CT molecular complexity index is 935. The second kappa shape index (κ2) is 8.62. The molecule has 1 aliphatic rings. The summed E-state index contributed by atoms with van der Waals surface area (Å²) in [5.41, 5.74) is 5.29. The quantitative estimate of drug-likeness (QED) is 0.722. The summed E-state index contributed by atoms with van der Waals surface area (Å²) in [6.45, 7) is 7.02. The highest BCUT2D eigenvalue weighted by molar-refractivity contribution is 5.94. The maximum atomic E-state index is 12.7. The smallest absolute Gasteiger partial charge is 0.251 e. The number of nitrogens with zero attached hydrogens (tertiary/aromatic N) is 3. The zero-order valence-corrected chi connectivity index (χ0v) is 17.1. The van der Waals surface area contributed by atoms with Gasteiger partial charge in [0, 0.05) is 54.5 Å². The Balaban J connectivity index is 1.31. The predicted molar refractivity (Wildman–Crippen MR) is 115 cm³/mol. The molecule has 1 amide bonds. The van der Waals surface area contributed by atoms with Gasteiger partial charge in [-0.05, 0) is 75.2 Å². The monoisotopic (exact) mass is 388 g/mol. The van der Waals surface area contributed by atoms with Crippen molar-refractivity contribution in [3.8, 4) is 5.69 Å². The van der Waals surface area contributed by atoms with Crippen LogP contribution in [0.3, 0.4) is 0 Å². The van der Waals surface area contributed by atoms with Gasteiger partial charge < -0.3 is 9.88 Å². The van der Waals surface area contributed by atoms with Gasteiger partial charge in [-0.1, -0.05) is 6.07 Å². The highest BCUT2D eigenvalue weighted by Gasteiger charge is 2.21. The Morgan fingerprint density at radius 3 is 2.31 bits per heavy atom. The molecule has 29 heavy (non-hydrogen) atoms. The summed E-state index contributed by atoms with van der Waals surface area (Å²) in [7, 11) is 0. The number of benzene rings is 1. The van der Waals surface area contributed by atoms with Crippen molar-refractivity contribution < 1.29 is 4.79 Å². The normalized spacial score (nSPS) is 15.4. The molecule has 0 spiro atoms. The summed E-state index contributed by atoms with van der Waals surface area (Å²) in [6, 6.07) is 18.4. The molecule has 1 fully saturated rings. The summed E-state index contributed by atoms with van der Waals surface area (Å²) >= 11 is 0. The van der Waals surface area contributed by atoms with E-state index in [1.54, 1.807) is 0 Å². The number of rotatable bonds is 5. The van der Waals surface area contributed by atoms with Crippen LogP contribution in [0.15, 0.2) is 60.8 Å². The standard InChI is InChI=1S/C24H28N4O/c1-18-6-7-19(2)28(18)23-10-8-20(9-11-23)24(29)26-21-12-15-27(16-13-21)17-22-5-3-4-14-25-22/h3-11,14,21H,12-13,15-17H2,1-2H3,(H,26,29). The van der Waals surface area contributed by atoms with E-state index < -0.39 is 0 Å². The highest BCUT2D eigenvalue weighted by Crippen LogP contribution is 2.18. The van der Waals surface area contributed by atoms with Crippen LogP contribution in [0.5, 0.6) is 0 Å². The van der Waals surface area contributed by atoms with E-state index >= 15 is 0 Å². The lowest BCUT2D eigenvalue weighted by molar-refractivity contribution is 0.0908. The molecule has 0 radical (unpaired) electrons. The third-order valence-corrected chi connectivity index (χ3v) is 5.69. The van der Waals surface area contributed by atoms with Crippen LogP contribution in [0.4, 0.5) is 0 Å². The molecular formula is C24H28N4O. The minimum absolute atomic E-state index is 0.0145. The molecule has 5 heteroatoms. The van der Waals surface area contributed by atoms with Crippen LogP contribution in [0.25, 0.3) is 5.69 Å². The van der Waals surface area contributed by atoms with E-state index in [1.165, 1.54) is 11.4 Å². The van der Waals surface area contributed by atoms with E-state index in [1.807, 2.05) is 42.6 Å². The van der Waals surface area contributed by atoms with Crippen LogP contribution >= 0.6 is 0 Å². The van der Waals surface area contributed by atoms with Crippen LogP contribution < -0.4 is 5.32 Å². The zero-order chi connectivity index (χ0) is 20.2. The fraction of sp³-hybridized carbons (Fsp3) is 0.333. The summed E-state index contributed by atoms with van der Waals surface area (Å²) in [5.74, 6) is 0.0145. The first-order valence-corrected chi connectivity index (χ1v) is 10.3. The van der Waals surface area contributed by atoms with E-state index in [0.29, 0.717) is 5.56 Å². The van der Waals surface area contributed by atoms with Crippen molar-refractivity contribution >= 4 is 5.91 Å². The van der Waals surface area contributed by atoms with Gasteiger partial charge in [-0.15, -0.1) is 0 Å². The molecule has 3 heterocycles. The number of amides is 1. The van der Waals surface area contributed by atoms with Crippen LogP contribution in [0, 0.1) is 13.8 Å². The lowest BCUT2D eigenvalue weighted by atomic mass is 10.0. The van der Waals surface area contributed by atoms with Gasteiger partial charge in [0.25, 0.3) is 5.91 Å². The van der Waals surface area contributed by atoms with Gasteiger partial charge in [-0.2, -0.15) is 0 Å². The summed E-state index contributed by atoms with van der Waals surface area (Å²) in [6.07, 6.45) is 3.78. The Morgan fingerprint density at radius 1 is 1.00 bits per heavy atom. The predicted octanol–water partition coefficient (Wildman–Crippen LogP) is 3.88. The SMILES string of the molecule is Cc1ccc(C)n1-c1ccc(C(=O)NC2CCN(Cc3ccccn3)CC2)cc1. The number of aromatic nitrogens is 2. The fourth-order valence-electron chi connectivity index (χ4n) is 4.06. The van der Waals surface area contributed by atoms with E-state index in [-0.39, 0.29) is 11.9 Å². The first-order valence-electron chi connectivity index (χ1n) is 10.3. The second-order valence-corrected chi connectivity index (χ2v) is 7.84. The minimum Gasteiger partial charge on any atom is -0.349 e. The molecule has 3 aromatic rings. The van der Waals surface area contributed by atoms with E-state index in [2.05, 4.69) is 51.8 Å². The number of aryl methyl sites for hydroxylation is 2. The van der Waals surface area contributed by atoms with Gasteiger partial charge in [0.1, 0.15) is 0 Å². The molecule has 1 aromatic carbocycles. The molecule has 0 saturated carbocycles. The van der Waals surface area contributed by atoms with Gasteiger partial charge in [-0.25, -0.2) is 0 Å². The van der Waals surface area contributed by atoms with Crippen LogP contribution in [0.1, 0.15) is 40.3 Å². The van der Waals surface area contributed by atoms with Crippen molar-refractivity contribution in [2.24, 2.45) is 0 Å². The largest absolute Gasteiger partial charge is 0.349 e. The third kappa shape index (κ3) is 4.57. The van der Waals surface area contributed by atoms with E-state index in [4.69, 9.17) is 0 Å². The van der Waals surface area contributed by atoms with Gasteiger partial charge in [-0.3, -0.25) is 14.7 Å². The third-order valence-electron chi connectivity index (χ3n) is 5.69. The molecular weight excluding hydrogens is 360 g/mol. The Kier molecular flexibility index (Phi) is 5.76. The maximum Gasteiger partial charge on any atom is 0.251 e. The van der Waals surface area contributed by atoms with Crippen molar-refractivity contribution in [3.63, 3.8) is 0 Å². The molecule has 1 saturated heterocycles. The van der Waals surface area contributed by atoms with Crippen LogP contribution in [-0.4, -0.2) is 39.5 Å². The Morgan fingerprint density at radius 2 is 1.69 bits per heavy atom.